The molecule has 1 aliphatic heterocycles. The number of nitrogens with two attached hydrogens (primary N) is 1. The summed E-state index contributed by atoms with van der Waals surface area (Å²) in [5.74, 6) is 1.40. The van der Waals surface area contributed by atoms with Gasteiger partial charge in [-0.2, -0.15) is 12.7 Å². The molecule has 1 aliphatic rings. The number of hydrogen-bond acceptors (Lipinski definition) is 4. The molecule has 21 heavy (non-hydrogen) atoms. The summed E-state index contributed by atoms with van der Waals surface area (Å²) in [5.41, 5.74) is 0. The number of piperidine rings is 1. The SMILES string of the molecule is Cc1ccc(CN(C)C(=O)C2CCN(S(N)(=O)=O)CC2)o1. The summed E-state index contributed by atoms with van der Waals surface area (Å²) in [6, 6.07) is 3.71. The predicted molar refractivity (Wildman–Crippen MR) is 77.3 cm³/mol. The fourth-order valence-corrected chi connectivity index (χ4v) is 3.27. The monoisotopic (exact) mass is 315 g/mol. The van der Waals surface area contributed by atoms with Crippen molar-refractivity contribution in [3.05, 3.63) is 23.7 Å². The molecule has 2 heterocycles. The molecular weight excluding hydrogens is 294 g/mol. The first-order valence-corrected chi connectivity index (χ1v) is 8.36. The number of aryl methyl sites for hydroxylation is 1. The molecule has 0 saturated carbocycles. The third-order valence-electron chi connectivity index (χ3n) is 3.73. The highest BCUT2D eigenvalue weighted by Crippen LogP contribution is 2.21. The van der Waals surface area contributed by atoms with Crippen molar-refractivity contribution in [1.29, 1.82) is 0 Å². The van der Waals surface area contributed by atoms with Crippen molar-refractivity contribution in [2.24, 2.45) is 11.1 Å². The van der Waals surface area contributed by atoms with Crippen LogP contribution in [0.2, 0.25) is 0 Å². The minimum absolute atomic E-state index is 0.0122. The average molecular weight is 315 g/mol. The molecule has 0 atom stereocenters. The van der Waals surface area contributed by atoms with Gasteiger partial charge in [0.05, 0.1) is 6.54 Å². The lowest BCUT2D eigenvalue weighted by atomic mass is 9.96. The van der Waals surface area contributed by atoms with Gasteiger partial charge >= 0.3 is 0 Å². The average Bonchev–Trinajstić information content (AvgIpc) is 2.82. The highest BCUT2D eigenvalue weighted by molar-refractivity contribution is 7.86. The zero-order chi connectivity index (χ0) is 15.6. The number of hydrogen-bond donors (Lipinski definition) is 1. The summed E-state index contributed by atoms with van der Waals surface area (Å²) < 4.78 is 29.1. The third-order valence-corrected chi connectivity index (χ3v) is 4.81. The molecule has 2 N–H and O–H groups in total. The van der Waals surface area contributed by atoms with Crippen LogP contribution in [0.5, 0.6) is 0 Å². The molecule has 0 aromatic carbocycles. The van der Waals surface area contributed by atoms with Gasteiger partial charge in [0, 0.05) is 26.1 Å². The summed E-state index contributed by atoms with van der Waals surface area (Å²) >= 11 is 0. The number of carbonyl (C=O) groups is 1. The van der Waals surface area contributed by atoms with Crippen LogP contribution in [0.4, 0.5) is 0 Å². The standard InChI is InChI=1S/C13H21N3O4S/c1-10-3-4-12(20-10)9-15(2)13(17)11-5-7-16(8-6-11)21(14,18)19/h3-4,11H,5-9H2,1-2H3,(H2,14,18,19). The van der Waals surface area contributed by atoms with E-state index in [1.807, 2.05) is 19.1 Å². The summed E-state index contributed by atoms with van der Waals surface area (Å²) in [6.45, 7) is 2.86. The van der Waals surface area contributed by atoms with Crippen LogP contribution < -0.4 is 5.14 Å². The van der Waals surface area contributed by atoms with Crippen LogP contribution in [0.3, 0.4) is 0 Å². The van der Waals surface area contributed by atoms with Gasteiger partial charge in [0.2, 0.25) is 5.91 Å². The Kier molecular flexibility index (Phi) is 4.70. The number of amides is 1. The Morgan fingerprint density at radius 2 is 2.05 bits per heavy atom. The van der Waals surface area contributed by atoms with Crippen LogP contribution in [-0.4, -0.2) is 43.7 Å². The lowest BCUT2D eigenvalue weighted by Crippen LogP contribution is -2.45. The second kappa shape index (κ2) is 6.17. The molecular formula is C13H21N3O4S. The Labute approximate surface area is 124 Å². The highest BCUT2D eigenvalue weighted by atomic mass is 32.2. The first-order valence-electron chi connectivity index (χ1n) is 6.85. The Balaban J connectivity index is 1.89. The van der Waals surface area contributed by atoms with Crippen LogP contribution in [0.1, 0.15) is 24.4 Å². The van der Waals surface area contributed by atoms with E-state index in [1.165, 1.54) is 4.31 Å². The summed E-state index contributed by atoms with van der Waals surface area (Å²) in [6.07, 6.45) is 0.994. The van der Waals surface area contributed by atoms with Gasteiger partial charge < -0.3 is 9.32 Å². The number of rotatable bonds is 4. The summed E-state index contributed by atoms with van der Waals surface area (Å²) in [4.78, 5) is 14.0. The molecule has 0 spiro atoms. The van der Waals surface area contributed by atoms with E-state index in [1.54, 1.807) is 11.9 Å². The van der Waals surface area contributed by atoms with Crippen LogP contribution in [0, 0.1) is 12.8 Å². The van der Waals surface area contributed by atoms with E-state index in [0.29, 0.717) is 32.5 Å². The van der Waals surface area contributed by atoms with Crippen molar-refractivity contribution < 1.29 is 17.6 Å². The predicted octanol–water partition coefficient (Wildman–Crippen LogP) is 0.462. The molecule has 8 heteroatoms. The van der Waals surface area contributed by atoms with Gasteiger partial charge in [0.25, 0.3) is 10.2 Å². The fourth-order valence-electron chi connectivity index (χ4n) is 2.55. The molecule has 0 unspecified atom stereocenters. The molecule has 118 valence electrons. The van der Waals surface area contributed by atoms with Crippen LogP contribution in [0.15, 0.2) is 16.5 Å². The van der Waals surface area contributed by atoms with Gasteiger partial charge in [-0.05, 0) is 31.9 Å². The van der Waals surface area contributed by atoms with Gasteiger partial charge in [-0.15, -0.1) is 0 Å². The molecule has 0 aliphatic carbocycles. The first kappa shape index (κ1) is 16.0. The van der Waals surface area contributed by atoms with Crippen molar-refractivity contribution in [2.75, 3.05) is 20.1 Å². The molecule has 1 aromatic rings. The highest BCUT2D eigenvalue weighted by Gasteiger charge is 2.30. The van der Waals surface area contributed by atoms with E-state index in [0.717, 1.165) is 11.5 Å². The van der Waals surface area contributed by atoms with Crippen LogP contribution in [-0.2, 0) is 21.5 Å². The minimum atomic E-state index is -3.65. The lowest BCUT2D eigenvalue weighted by Gasteiger charge is -2.31. The molecule has 7 nitrogen and oxygen atoms in total. The number of carbonyl (C=O) groups excluding carboxylic acids is 1. The van der Waals surface area contributed by atoms with Gasteiger partial charge in [0.15, 0.2) is 0 Å². The van der Waals surface area contributed by atoms with Crippen molar-refractivity contribution in [3.8, 4) is 0 Å². The van der Waals surface area contributed by atoms with Gasteiger partial charge in [0.1, 0.15) is 11.5 Å². The van der Waals surface area contributed by atoms with E-state index >= 15 is 0 Å². The smallest absolute Gasteiger partial charge is 0.276 e. The maximum Gasteiger partial charge on any atom is 0.276 e. The minimum Gasteiger partial charge on any atom is -0.464 e. The zero-order valence-electron chi connectivity index (χ0n) is 12.3. The van der Waals surface area contributed by atoms with Gasteiger partial charge in [-0.3, -0.25) is 4.79 Å². The van der Waals surface area contributed by atoms with E-state index in [2.05, 4.69) is 0 Å². The fraction of sp³-hybridized carbons (Fsp3) is 0.615. The van der Waals surface area contributed by atoms with Gasteiger partial charge in [-0.1, -0.05) is 0 Å². The van der Waals surface area contributed by atoms with Crippen molar-refractivity contribution >= 4 is 16.1 Å². The Hall–Kier alpha value is -1.38. The van der Waals surface area contributed by atoms with Crippen LogP contribution >= 0.6 is 0 Å². The second-order valence-corrected chi connectivity index (χ2v) is 6.97. The second-order valence-electron chi connectivity index (χ2n) is 5.42. The quantitative estimate of drug-likeness (QED) is 0.873. The maximum absolute atomic E-state index is 12.4. The summed E-state index contributed by atoms with van der Waals surface area (Å²) in [5, 5.41) is 5.09. The molecule has 1 aromatic heterocycles. The van der Waals surface area contributed by atoms with Gasteiger partial charge in [-0.25, -0.2) is 5.14 Å². The van der Waals surface area contributed by atoms with Crippen molar-refractivity contribution in [3.63, 3.8) is 0 Å². The summed E-state index contributed by atoms with van der Waals surface area (Å²) in [7, 11) is -1.92. The van der Waals surface area contributed by atoms with E-state index in [4.69, 9.17) is 9.56 Å². The molecule has 1 saturated heterocycles. The van der Waals surface area contributed by atoms with Crippen molar-refractivity contribution in [2.45, 2.75) is 26.3 Å². The molecule has 2 rings (SSSR count). The molecule has 1 fully saturated rings. The van der Waals surface area contributed by atoms with E-state index in [-0.39, 0.29) is 11.8 Å². The molecule has 0 bridgehead atoms. The first-order chi connectivity index (χ1) is 9.77. The number of nitrogens with zero attached hydrogens (tertiary/aromatic N) is 2. The largest absolute Gasteiger partial charge is 0.464 e. The zero-order valence-corrected chi connectivity index (χ0v) is 13.1. The van der Waals surface area contributed by atoms with Crippen molar-refractivity contribution in [1.82, 2.24) is 9.21 Å². The lowest BCUT2D eigenvalue weighted by molar-refractivity contribution is -0.136. The molecule has 1 amide bonds. The Morgan fingerprint density at radius 1 is 1.43 bits per heavy atom. The topological polar surface area (TPSA) is 96.9 Å². The van der Waals surface area contributed by atoms with Crippen LogP contribution in [0.25, 0.3) is 0 Å². The van der Waals surface area contributed by atoms with E-state index in [9.17, 15) is 13.2 Å². The Bertz CT molecular complexity index is 603. The maximum atomic E-state index is 12.4. The van der Waals surface area contributed by atoms with E-state index < -0.39 is 10.2 Å². The normalized spacial score (nSPS) is 17.9. The Morgan fingerprint density at radius 3 is 2.52 bits per heavy atom. The number of furan rings is 1. The third kappa shape index (κ3) is 4.05. The molecule has 0 radical (unpaired) electrons.